The van der Waals surface area contributed by atoms with Gasteiger partial charge in [-0.15, -0.1) is 0 Å². The number of rotatable bonds is 4. The van der Waals surface area contributed by atoms with Crippen LogP contribution in [0.3, 0.4) is 0 Å². The molecule has 0 saturated carbocycles. The molecule has 1 N–H and O–H groups in total. The number of ether oxygens (including phenoxy) is 1. The fraction of sp³-hybridized carbons (Fsp3) is 0.0833. The first-order valence-electron chi connectivity index (χ1n) is 9.91. The second-order valence-electron chi connectivity index (χ2n) is 7.38. The van der Waals surface area contributed by atoms with E-state index in [1.165, 1.54) is 6.07 Å². The Hall–Kier alpha value is -3.91. The van der Waals surface area contributed by atoms with Crippen LogP contribution in [0.5, 0.6) is 5.75 Å². The standard InChI is InChI=1S/C24H19N3O4S/c1-31-18-8-9-19-17(14-26-21(19)12-18)11-22-24(28)20-6-2-3-7-23(20)32(29,30)27(22)15-16-5-4-10-25-13-16/h2-14,26H,15H2,1H3. The van der Waals surface area contributed by atoms with Gasteiger partial charge in [-0.2, -0.15) is 0 Å². The number of Topliss-reactive ketones (excluding diaryl/α,β-unsaturated/α-hetero) is 1. The third-order valence-electron chi connectivity index (χ3n) is 5.46. The van der Waals surface area contributed by atoms with E-state index in [0.717, 1.165) is 15.2 Å². The zero-order valence-electron chi connectivity index (χ0n) is 17.1. The lowest BCUT2D eigenvalue weighted by Crippen LogP contribution is -2.38. The van der Waals surface area contributed by atoms with Crippen molar-refractivity contribution < 1.29 is 17.9 Å². The number of pyridine rings is 1. The lowest BCUT2D eigenvalue weighted by molar-refractivity contribution is 0.100. The molecule has 7 nitrogen and oxygen atoms in total. The maximum atomic E-state index is 13.5. The highest BCUT2D eigenvalue weighted by atomic mass is 32.2. The minimum absolute atomic E-state index is 0.00173. The number of sulfonamides is 1. The van der Waals surface area contributed by atoms with E-state index in [0.29, 0.717) is 16.9 Å². The van der Waals surface area contributed by atoms with Gasteiger partial charge >= 0.3 is 0 Å². The first-order chi connectivity index (χ1) is 15.5. The summed E-state index contributed by atoms with van der Waals surface area (Å²) in [4.78, 5) is 20.7. The van der Waals surface area contributed by atoms with Gasteiger partial charge in [0.2, 0.25) is 5.78 Å². The van der Waals surface area contributed by atoms with Crippen LogP contribution in [-0.4, -0.2) is 35.6 Å². The van der Waals surface area contributed by atoms with Gasteiger partial charge in [0, 0.05) is 46.7 Å². The quantitative estimate of drug-likeness (QED) is 0.480. The topological polar surface area (TPSA) is 92.4 Å². The summed E-state index contributed by atoms with van der Waals surface area (Å²) in [5, 5.41) is 0.851. The van der Waals surface area contributed by atoms with Crippen LogP contribution in [0.15, 0.2) is 83.8 Å². The monoisotopic (exact) mass is 445 g/mol. The molecule has 5 rings (SSSR count). The molecule has 160 valence electrons. The number of methoxy groups -OCH3 is 1. The molecule has 0 spiro atoms. The summed E-state index contributed by atoms with van der Waals surface area (Å²) < 4.78 is 33.5. The summed E-state index contributed by atoms with van der Waals surface area (Å²) in [6.07, 6.45) is 6.58. The number of benzene rings is 2. The van der Waals surface area contributed by atoms with Crippen LogP contribution in [0.4, 0.5) is 0 Å². The van der Waals surface area contributed by atoms with Crippen LogP contribution >= 0.6 is 0 Å². The third-order valence-corrected chi connectivity index (χ3v) is 7.28. The Morgan fingerprint density at radius 3 is 2.75 bits per heavy atom. The number of H-pyrrole nitrogens is 1. The molecule has 4 aromatic rings. The van der Waals surface area contributed by atoms with Crippen molar-refractivity contribution in [1.82, 2.24) is 14.3 Å². The molecule has 32 heavy (non-hydrogen) atoms. The molecule has 2 aromatic heterocycles. The maximum Gasteiger partial charge on any atom is 0.265 e. The number of aromatic nitrogens is 2. The van der Waals surface area contributed by atoms with Gasteiger partial charge in [0.1, 0.15) is 11.4 Å². The highest BCUT2D eigenvalue weighted by Gasteiger charge is 2.39. The summed E-state index contributed by atoms with van der Waals surface area (Å²) in [5.74, 6) is 0.351. The Bertz CT molecular complexity index is 1470. The van der Waals surface area contributed by atoms with E-state index in [1.54, 1.807) is 62.1 Å². The highest BCUT2D eigenvalue weighted by Crippen LogP contribution is 2.35. The summed E-state index contributed by atoms with van der Waals surface area (Å²) in [5.41, 5.74) is 2.46. The van der Waals surface area contributed by atoms with E-state index >= 15 is 0 Å². The molecular weight excluding hydrogens is 426 g/mol. The van der Waals surface area contributed by atoms with Crippen LogP contribution in [0.25, 0.3) is 17.0 Å². The van der Waals surface area contributed by atoms with Crippen molar-refractivity contribution in [2.24, 2.45) is 0 Å². The summed E-state index contributed by atoms with van der Waals surface area (Å²) in [6.45, 7) is -0.00173. The van der Waals surface area contributed by atoms with Crippen LogP contribution in [-0.2, 0) is 16.6 Å². The average molecular weight is 446 g/mol. The van der Waals surface area contributed by atoms with Gasteiger partial charge in [-0.05, 0) is 42.0 Å². The summed E-state index contributed by atoms with van der Waals surface area (Å²) >= 11 is 0. The summed E-state index contributed by atoms with van der Waals surface area (Å²) in [7, 11) is -2.35. The van der Waals surface area contributed by atoms with E-state index < -0.39 is 10.0 Å². The van der Waals surface area contributed by atoms with Gasteiger partial charge in [-0.1, -0.05) is 18.2 Å². The molecule has 0 aliphatic carbocycles. The molecule has 0 atom stereocenters. The Kier molecular flexibility index (Phi) is 4.79. The van der Waals surface area contributed by atoms with Crippen LogP contribution in [0, 0.1) is 0 Å². The van der Waals surface area contributed by atoms with E-state index in [2.05, 4.69) is 9.97 Å². The fourth-order valence-electron chi connectivity index (χ4n) is 3.87. The summed E-state index contributed by atoms with van der Waals surface area (Å²) in [6, 6.07) is 15.4. The largest absolute Gasteiger partial charge is 0.497 e. The average Bonchev–Trinajstić information content (AvgIpc) is 3.22. The number of carbonyl (C=O) groups excluding carboxylic acids is 1. The van der Waals surface area contributed by atoms with Crippen molar-refractivity contribution >= 4 is 32.8 Å². The van der Waals surface area contributed by atoms with E-state index in [1.807, 2.05) is 18.2 Å². The predicted molar refractivity (Wildman–Crippen MR) is 121 cm³/mol. The van der Waals surface area contributed by atoms with Crippen molar-refractivity contribution in [3.05, 3.63) is 95.6 Å². The van der Waals surface area contributed by atoms with Crippen molar-refractivity contribution in [2.45, 2.75) is 11.4 Å². The number of aromatic amines is 1. The fourth-order valence-corrected chi connectivity index (χ4v) is 5.51. The molecule has 0 radical (unpaired) electrons. The number of nitrogens with one attached hydrogen (secondary N) is 1. The number of hydrogen-bond donors (Lipinski definition) is 1. The lowest BCUT2D eigenvalue weighted by atomic mass is 10.0. The third kappa shape index (κ3) is 3.25. The molecule has 0 unspecified atom stereocenters. The number of carbonyl (C=O) groups is 1. The van der Waals surface area contributed by atoms with E-state index in [9.17, 15) is 13.2 Å². The van der Waals surface area contributed by atoms with E-state index in [-0.39, 0.29) is 28.5 Å². The molecule has 0 saturated heterocycles. The molecule has 2 aromatic carbocycles. The molecule has 3 heterocycles. The predicted octanol–water partition coefficient (Wildman–Crippen LogP) is 4.00. The van der Waals surface area contributed by atoms with Crippen molar-refractivity contribution in [3.63, 3.8) is 0 Å². The van der Waals surface area contributed by atoms with Crippen LogP contribution in [0.2, 0.25) is 0 Å². The minimum atomic E-state index is -3.94. The number of hydrogen-bond acceptors (Lipinski definition) is 5. The van der Waals surface area contributed by atoms with Gasteiger partial charge in [0.25, 0.3) is 10.0 Å². The van der Waals surface area contributed by atoms with E-state index in [4.69, 9.17) is 4.74 Å². The first kappa shape index (κ1) is 20.0. The molecule has 1 aliphatic rings. The van der Waals surface area contributed by atoms with Crippen LogP contribution in [0.1, 0.15) is 21.5 Å². The Balaban J connectivity index is 1.70. The van der Waals surface area contributed by atoms with Gasteiger partial charge < -0.3 is 9.72 Å². The van der Waals surface area contributed by atoms with Crippen LogP contribution < -0.4 is 4.74 Å². The first-order valence-corrected chi connectivity index (χ1v) is 11.4. The number of fused-ring (bicyclic) bond motifs is 2. The minimum Gasteiger partial charge on any atom is -0.497 e. The van der Waals surface area contributed by atoms with Crippen molar-refractivity contribution in [3.8, 4) is 5.75 Å². The Morgan fingerprint density at radius 2 is 1.97 bits per heavy atom. The van der Waals surface area contributed by atoms with Gasteiger partial charge in [-0.3, -0.25) is 14.1 Å². The Labute approximate surface area is 185 Å². The van der Waals surface area contributed by atoms with Crippen molar-refractivity contribution in [1.29, 1.82) is 0 Å². The zero-order valence-corrected chi connectivity index (χ0v) is 18.0. The normalized spacial score (nSPS) is 16.3. The second kappa shape index (κ2) is 7.65. The van der Waals surface area contributed by atoms with Gasteiger partial charge in [0.05, 0.1) is 18.6 Å². The maximum absolute atomic E-state index is 13.5. The molecule has 0 bridgehead atoms. The molecule has 0 amide bonds. The smallest absolute Gasteiger partial charge is 0.265 e. The second-order valence-corrected chi connectivity index (χ2v) is 9.21. The van der Waals surface area contributed by atoms with Gasteiger partial charge in [0.15, 0.2) is 0 Å². The lowest BCUT2D eigenvalue weighted by Gasteiger charge is -2.31. The molecule has 1 aliphatic heterocycles. The molecular formula is C24H19N3O4S. The number of ketones is 1. The Morgan fingerprint density at radius 1 is 1.12 bits per heavy atom. The SMILES string of the molecule is COc1ccc2c(C=C3C(=O)c4ccccc4S(=O)(=O)N3Cc3cccnc3)c[nH]c2c1. The van der Waals surface area contributed by atoms with Crippen molar-refractivity contribution in [2.75, 3.05) is 7.11 Å². The number of allylic oxidation sites excluding steroid dienone is 1. The zero-order chi connectivity index (χ0) is 22.3. The highest BCUT2D eigenvalue weighted by molar-refractivity contribution is 7.89. The number of nitrogens with zero attached hydrogens (tertiary/aromatic N) is 2. The van der Waals surface area contributed by atoms with Gasteiger partial charge in [-0.25, -0.2) is 8.42 Å². The molecule has 8 heteroatoms. The molecule has 0 fully saturated rings.